The van der Waals surface area contributed by atoms with Crippen LogP contribution in [0.1, 0.15) is 30.4 Å². The van der Waals surface area contributed by atoms with Crippen LogP contribution in [-0.4, -0.2) is 31.0 Å². The van der Waals surface area contributed by atoms with Crippen molar-refractivity contribution in [3.8, 4) is 0 Å². The van der Waals surface area contributed by atoms with Gasteiger partial charge in [0, 0.05) is 20.1 Å². The number of nitrogens with two attached hydrogens (primary N) is 1. The molecule has 0 fully saturated rings. The Bertz CT molecular complexity index is 449. The molecule has 0 spiro atoms. The summed E-state index contributed by atoms with van der Waals surface area (Å²) in [5.41, 5.74) is 6.93. The average molecular weight is 268 g/mol. The number of anilines is 2. The molecule has 1 aromatic rings. The van der Waals surface area contributed by atoms with E-state index in [9.17, 15) is 4.79 Å². The van der Waals surface area contributed by atoms with Crippen LogP contribution in [0.3, 0.4) is 0 Å². The van der Waals surface area contributed by atoms with Gasteiger partial charge in [-0.3, -0.25) is 4.79 Å². The number of nitrogens with one attached hydrogen (secondary N) is 1. The van der Waals surface area contributed by atoms with E-state index in [-0.39, 0.29) is 5.91 Å². The number of carbonyl (C=O) groups is 1. The minimum absolute atomic E-state index is 0.168. The molecule has 0 aliphatic rings. The third-order valence-corrected chi connectivity index (χ3v) is 3.61. The van der Waals surface area contributed by atoms with Gasteiger partial charge in [0.05, 0.1) is 0 Å². The summed E-state index contributed by atoms with van der Waals surface area (Å²) in [5, 5.41) is 3.56. The highest BCUT2D eigenvalue weighted by atomic mass is 32.1. The van der Waals surface area contributed by atoms with Crippen LogP contribution in [0.15, 0.2) is 11.6 Å². The van der Waals surface area contributed by atoms with Crippen LogP contribution in [0.4, 0.5) is 10.9 Å². The van der Waals surface area contributed by atoms with E-state index in [0.29, 0.717) is 17.2 Å². The van der Waals surface area contributed by atoms with Gasteiger partial charge in [-0.05, 0) is 20.8 Å². The first-order valence-electron chi connectivity index (χ1n) is 5.84. The Morgan fingerprint density at radius 3 is 2.78 bits per heavy atom. The highest BCUT2D eigenvalue weighted by Gasteiger charge is 2.16. The lowest BCUT2D eigenvalue weighted by Crippen LogP contribution is -2.23. The predicted octanol–water partition coefficient (Wildman–Crippen LogP) is 1.88. The van der Waals surface area contributed by atoms with Gasteiger partial charge in [-0.2, -0.15) is 0 Å². The Labute approximate surface area is 112 Å². The molecule has 0 bridgehead atoms. The van der Waals surface area contributed by atoms with Gasteiger partial charge in [0.15, 0.2) is 5.13 Å². The summed E-state index contributed by atoms with van der Waals surface area (Å²) >= 11 is 1.32. The minimum Gasteiger partial charge on any atom is -0.382 e. The highest BCUT2D eigenvalue weighted by molar-refractivity contribution is 7.18. The monoisotopic (exact) mass is 268 g/mol. The van der Waals surface area contributed by atoms with Crippen molar-refractivity contribution in [2.45, 2.75) is 20.8 Å². The molecular formula is C12H20N4OS. The van der Waals surface area contributed by atoms with E-state index >= 15 is 0 Å². The van der Waals surface area contributed by atoms with Crippen molar-refractivity contribution in [3.05, 3.63) is 16.5 Å². The summed E-state index contributed by atoms with van der Waals surface area (Å²) in [7, 11) is 1.92. The van der Waals surface area contributed by atoms with Crippen molar-refractivity contribution >= 4 is 28.2 Å². The van der Waals surface area contributed by atoms with E-state index in [4.69, 9.17) is 5.73 Å². The molecule has 1 aromatic heterocycles. The van der Waals surface area contributed by atoms with Crippen molar-refractivity contribution in [2.24, 2.45) is 0 Å². The number of amides is 1. The Kier molecular flexibility index (Phi) is 5.15. The molecule has 1 amide bonds. The molecule has 0 saturated carbocycles. The van der Waals surface area contributed by atoms with E-state index < -0.39 is 0 Å². The van der Waals surface area contributed by atoms with E-state index in [1.54, 1.807) is 0 Å². The normalized spacial score (nSPS) is 10.0. The number of hydrogen-bond acceptors (Lipinski definition) is 5. The molecule has 0 aliphatic carbocycles. The van der Waals surface area contributed by atoms with Crippen LogP contribution in [-0.2, 0) is 0 Å². The van der Waals surface area contributed by atoms with Crippen LogP contribution in [0.2, 0.25) is 0 Å². The predicted molar refractivity (Wildman–Crippen MR) is 77.2 cm³/mol. The van der Waals surface area contributed by atoms with Gasteiger partial charge >= 0.3 is 0 Å². The van der Waals surface area contributed by atoms with Gasteiger partial charge < -0.3 is 16.0 Å². The minimum atomic E-state index is -0.168. The summed E-state index contributed by atoms with van der Waals surface area (Å²) in [6.07, 6.45) is 1.95. The summed E-state index contributed by atoms with van der Waals surface area (Å²) in [4.78, 5) is 18.5. The molecule has 6 heteroatoms. The molecule has 18 heavy (non-hydrogen) atoms. The standard InChI is InChI=1S/C12H20N4OS/c1-5-16(4)12-15-10(13)9(18-12)11(17)14-7-6-8(2)3/h6H,5,7,13H2,1-4H3,(H,14,17). The number of allylic oxidation sites excluding steroid dienone is 1. The van der Waals surface area contributed by atoms with E-state index in [2.05, 4.69) is 10.3 Å². The molecule has 0 aromatic carbocycles. The summed E-state index contributed by atoms with van der Waals surface area (Å²) < 4.78 is 0. The third kappa shape index (κ3) is 3.73. The van der Waals surface area contributed by atoms with Crippen LogP contribution < -0.4 is 16.0 Å². The Hall–Kier alpha value is -1.56. The van der Waals surface area contributed by atoms with E-state index in [0.717, 1.165) is 11.7 Å². The molecule has 1 rings (SSSR count). The van der Waals surface area contributed by atoms with Crippen molar-refractivity contribution in [1.82, 2.24) is 10.3 Å². The van der Waals surface area contributed by atoms with Crippen LogP contribution in [0.25, 0.3) is 0 Å². The third-order valence-electron chi connectivity index (χ3n) is 2.42. The number of hydrogen-bond donors (Lipinski definition) is 2. The summed E-state index contributed by atoms with van der Waals surface area (Å²) in [6.45, 7) is 7.33. The maximum Gasteiger partial charge on any atom is 0.265 e. The fourth-order valence-electron chi connectivity index (χ4n) is 1.21. The number of carbonyl (C=O) groups excluding carboxylic acids is 1. The average Bonchev–Trinajstić information content (AvgIpc) is 2.69. The number of aromatic nitrogens is 1. The molecule has 0 saturated heterocycles. The number of nitrogen functional groups attached to an aromatic ring is 1. The topological polar surface area (TPSA) is 71.2 Å². The summed E-state index contributed by atoms with van der Waals surface area (Å²) in [6, 6.07) is 0. The van der Waals surface area contributed by atoms with E-state index in [1.807, 2.05) is 38.8 Å². The second kappa shape index (κ2) is 6.39. The zero-order valence-electron chi connectivity index (χ0n) is 11.3. The Balaban J connectivity index is 2.74. The number of rotatable bonds is 5. The maximum atomic E-state index is 11.9. The number of nitrogens with zero attached hydrogens (tertiary/aromatic N) is 2. The lowest BCUT2D eigenvalue weighted by Gasteiger charge is -2.10. The quantitative estimate of drug-likeness (QED) is 0.800. The van der Waals surface area contributed by atoms with Gasteiger partial charge in [-0.15, -0.1) is 0 Å². The van der Waals surface area contributed by atoms with Crippen LogP contribution in [0.5, 0.6) is 0 Å². The van der Waals surface area contributed by atoms with Gasteiger partial charge in [0.25, 0.3) is 5.91 Å². The Morgan fingerprint density at radius 1 is 1.56 bits per heavy atom. The largest absolute Gasteiger partial charge is 0.382 e. The molecule has 0 unspecified atom stereocenters. The van der Waals surface area contributed by atoms with E-state index in [1.165, 1.54) is 16.9 Å². The summed E-state index contributed by atoms with van der Waals surface area (Å²) in [5.74, 6) is 0.128. The molecular weight excluding hydrogens is 248 g/mol. The van der Waals surface area contributed by atoms with Gasteiger partial charge in [0.1, 0.15) is 10.7 Å². The molecule has 0 radical (unpaired) electrons. The molecule has 100 valence electrons. The Morgan fingerprint density at radius 2 is 2.22 bits per heavy atom. The van der Waals surface area contributed by atoms with Gasteiger partial charge in [-0.1, -0.05) is 23.0 Å². The fourth-order valence-corrected chi connectivity index (χ4v) is 2.14. The first-order valence-corrected chi connectivity index (χ1v) is 6.66. The lowest BCUT2D eigenvalue weighted by molar-refractivity contribution is 0.0962. The van der Waals surface area contributed by atoms with Crippen molar-refractivity contribution in [1.29, 1.82) is 0 Å². The van der Waals surface area contributed by atoms with Crippen molar-refractivity contribution in [2.75, 3.05) is 30.8 Å². The molecule has 3 N–H and O–H groups in total. The lowest BCUT2D eigenvalue weighted by atomic mass is 10.3. The second-order valence-corrected chi connectivity index (χ2v) is 5.19. The zero-order valence-corrected chi connectivity index (χ0v) is 12.1. The zero-order chi connectivity index (χ0) is 13.7. The SMILES string of the molecule is CCN(C)c1nc(N)c(C(=O)NCC=C(C)C)s1. The molecule has 0 atom stereocenters. The smallest absolute Gasteiger partial charge is 0.265 e. The first-order chi connectivity index (χ1) is 8.45. The van der Waals surface area contributed by atoms with Crippen molar-refractivity contribution in [3.63, 3.8) is 0 Å². The fraction of sp³-hybridized carbons (Fsp3) is 0.500. The molecule has 0 aliphatic heterocycles. The first kappa shape index (κ1) is 14.5. The highest BCUT2D eigenvalue weighted by Crippen LogP contribution is 2.27. The maximum absolute atomic E-state index is 11.9. The van der Waals surface area contributed by atoms with Crippen LogP contribution >= 0.6 is 11.3 Å². The second-order valence-electron chi connectivity index (χ2n) is 4.22. The van der Waals surface area contributed by atoms with Gasteiger partial charge in [0.2, 0.25) is 0 Å². The molecule has 1 heterocycles. The molecule has 5 nitrogen and oxygen atoms in total. The number of thiazole rings is 1. The van der Waals surface area contributed by atoms with Crippen molar-refractivity contribution < 1.29 is 4.79 Å². The van der Waals surface area contributed by atoms with Gasteiger partial charge in [-0.25, -0.2) is 4.98 Å². The van der Waals surface area contributed by atoms with Crippen LogP contribution in [0, 0.1) is 0 Å².